The molecule has 0 fully saturated rings. The fourth-order valence-corrected chi connectivity index (χ4v) is 2.58. The van der Waals surface area contributed by atoms with Crippen LogP contribution < -0.4 is 0 Å². The Kier molecular flexibility index (Phi) is 6.64. The van der Waals surface area contributed by atoms with Crippen molar-refractivity contribution >= 4 is 17.7 Å². The number of thioether (sulfide) groups is 1. The molecule has 17 heteroatoms. The number of rotatable bonds is 8. The van der Waals surface area contributed by atoms with Crippen LogP contribution >= 0.6 is 11.8 Å². The summed E-state index contributed by atoms with van der Waals surface area (Å²) in [7, 11) is 0.954. The molecule has 0 aliphatic carbocycles. The van der Waals surface area contributed by atoms with Gasteiger partial charge in [0.2, 0.25) is 0 Å². The van der Waals surface area contributed by atoms with E-state index in [0.717, 1.165) is 24.9 Å². The smallest absolute Gasteiger partial charge is 0.331 e. The van der Waals surface area contributed by atoms with E-state index in [1.165, 1.54) is 6.26 Å². The number of hydrogen-bond acceptors (Lipinski definition) is 3. The van der Waals surface area contributed by atoms with E-state index in [-0.39, 0.29) is 5.03 Å². The van der Waals surface area contributed by atoms with Crippen LogP contribution in [0.15, 0.2) is 17.2 Å². The zero-order valence-corrected chi connectivity index (χ0v) is 15.2. The topological polar surface area (TPSA) is 42.1 Å². The van der Waals surface area contributed by atoms with Gasteiger partial charge >= 0.3 is 42.1 Å². The molecule has 0 N–H and O–H groups in total. The summed E-state index contributed by atoms with van der Waals surface area (Å²) in [6, 6.07) is -5.43. The molecule has 172 valence electrons. The number of halogens is 12. The van der Waals surface area contributed by atoms with Gasteiger partial charge in [0.1, 0.15) is 0 Å². The number of aromatic nitrogens is 1. The maximum absolute atomic E-state index is 13.7. The lowest BCUT2D eigenvalue weighted by atomic mass is 9.97. The first-order valence-electron chi connectivity index (χ1n) is 7.12. The third-order valence-corrected chi connectivity index (χ3v) is 4.63. The summed E-state index contributed by atoms with van der Waals surface area (Å²) in [6.07, 6.45) is -4.28. The Balaban J connectivity index is 3.49. The van der Waals surface area contributed by atoms with E-state index >= 15 is 0 Å². The molecule has 1 amide bonds. The van der Waals surface area contributed by atoms with Crippen molar-refractivity contribution in [1.29, 1.82) is 0 Å². The van der Waals surface area contributed by atoms with Crippen LogP contribution in [-0.2, 0) is 7.05 Å². The standard InChI is InChI=1S/C13H9F12N2O2S/c1-26-5(3-4-6(26)30-2)7(28)27(29)13(24,25)12(22,23)11(20,21)10(18,19)9(16,17)8(14)15/h3-4,8H,1-2H3/q+1. The summed E-state index contributed by atoms with van der Waals surface area (Å²) >= 11 is 0.852. The summed E-state index contributed by atoms with van der Waals surface area (Å²) in [6.45, 7) is 0. The van der Waals surface area contributed by atoms with E-state index < -0.39 is 52.5 Å². The molecule has 1 heterocycles. The van der Waals surface area contributed by atoms with Gasteiger partial charge in [0.25, 0.3) is 0 Å². The summed E-state index contributed by atoms with van der Waals surface area (Å²) < 4.78 is 155. The van der Waals surface area contributed by atoms with Crippen molar-refractivity contribution in [3.8, 4) is 0 Å². The van der Waals surface area contributed by atoms with Crippen LogP contribution in [0.25, 0.3) is 0 Å². The van der Waals surface area contributed by atoms with Crippen LogP contribution in [0.5, 0.6) is 0 Å². The molecule has 0 unspecified atom stereocenters. The third kappa shape index (κ3) is 3.43. The summed E-state index contributed by atoms with van der Waals surface area (Å²) in [5.74, 6) is -33.2. The maximum atomic E-state index is 13.7. The van der Waals surface area contributed by atoms with Crippen molar-refractivity contribution in [1.82, 2.24) is 4.57 Å². The van der Waals surface area contributed by atoms with Gasteiger partial charge in [-0.05, 0) is 18.4 Å². The van der Waals surface area contributed by atoms with Crippen molar-refractivity contribution in [2.75, 3.05) is 6.26 Å². The molecule has 0 bridgehead atoms. The largest absolute Gasteiger partial charge is 0.582 e. The molecule has 0 aromatic carbocycles. The molecule has 1 aromatic heterocycles. The number of nitroso groups, excluding NO2 is 1. The van der Waals surface area contributed by atoms with E-state index in [1.54, 1.807) is 0 Å². The first-order chi connectivity index (χ1) is 13.2. The molecule has 1 rings (SSSR count). The lowest BCUT2D eigenvalue weighted by Crippen LogP contribution is -2.70. The van der Waals surface area contributed by atoms with Gasteiger partial charge < -0.3 is 4.57 Å². The Morgan fingerprint density at radius 3 is 1.77 bits per heavy atom. The molecular weight excluding hydrogens is 476 g/mol. The van der Waals surface area contributed by atoms with E-state index in [4.69, 9.17) is 0 Å². The van der Waals surface area contributed by atoms with Crippen LogP contribution in [0.3, 0.4) is 0 Å². The van der Waals surface area contributed by atoms with Gasteiger partial charge in [-0.1, -0.05) is 0 Å². The number of nitrogens with zero attached hydrogens (tertiary/aromatic N) is 2. The monoisotopic (exact) mass is 485 g/mol. The molecule has 0 aliphatic rings. The normalized spacial score (nSPS) is 14.4. The molecule has 0 radical (unpaired) electrons. The van der Waals surface area contributed by atoms with Crippen molar-refractivity contribution in [2.45, 2.75) is 41.2 Å². The molecule has 4 nitrogen and oxygen atoms in total. The number of carbonyl (C=O) groups excluding carboxylic acids is 1. The predicted molar refractivity (Wildman–Crippen MR) is 75.9 cm³/mol. The number of amides is 1. The van der Waals surface area contributed by atoms with E-state index in [2.05, 4.69) is 0 Å². The lowest BCUT2D eigenvalue weighted by molar-refractivity contribution is -0.666. The van der Waals surface area contributed by atoms with Crippen LogP contribution in [0.2, 0.25) is 0 Å². The molecule has 0 spiro atoms. The van der Waals surface area contributed by atoms with Crippen molar-refractivity contribution < 1.29 is 62.2 Å². The van der Waals surface area contributed by atoms with Crippen LogP contribution in [0, 0.1) is 4.91 Å². The minimum atomic E-state index is -7.90. The first kappa shape index (κ1) is 26.1. The van der Waals surface area contributed by atoms with Gasteiger partial charge in [0.15, 0.2) is 10.5 Å². The average Bonchev–Trinajstić information content (AvgIpc) is 2.99. The van der Waals surface area contributed by atoms with Gasteiger partial charge in [0.05, 0.1) is 5.03 Å². The maximum Gasteiger partial charge on any atom is 0.582 e. The van der Waals surface area contributed by atoms with E-state index in [9.17, 15) is 62.4 Å². The van der Waals surface area contributed by atoms with Crippen LogP contribution in [0.1, 0.15) is 10.5 Å². The Bertz CT molecular complexity index is 836. The second-order valence-corrected chi connectivity index (χ2v) is 6.43. The lowest BCUT2D eigenvalue weighted by Gasteiger charge is -2.35. The number of hydrogen-bond donors (Lipinski definition) is 0. The Morgan fingerprint density at radius 1 is 0.933 bits per heavy atom. The minimum Gasteiger partial charge on any atom is -0.331 e. The zero-order chi connectivity index (χ0) is 24.1. The highest BCUT2D eigenvalue weighted by Gasteiger charge is 2.93. The second kappa shape index (κ2) is 7.64. The molecule has 0 aliphatic heterocycles. The van der Waals surface area contributed by atoms with Crippen LogP contribution in [-0.4, -0.2) is 57.7 Å². The Hall–Kier alpha value is -1.94. The van der Waals surface area contributed by atoms with Gasteiger partial charge in [-0.15, -0.1) is 20.5 Å². The van der Waals surface area contributed by atoms with E-state index in [0.29, 0.717) is 10.6 Å². The summed E-state index contributed by atoms with van der Waals surface area (Å²) in [4.78, 5) is 23.2. The summed E-state index contributed by atoms with van der Waals surface area (Å²) in [5.41, 5.74) is -1.09. The molecular formula is C13H9F12N2O2S+. The van der Waals surface area contributed by atoms with Gasteiger partial charge in [-0.2, -0.15) is 35.1 Å². The van der Waals surface area contributed by atoms with Gasteiger partial charge in [0, 0.05) is 12.0 Å². The predicted octanol–water partition coefficient (Wildman–Crippen LogP) is 5.07. The molecule has 0 atom stereocenters. The van der Waals surface area contributed by atoms with Crippen molar-refractivity contribution in [3.05, 3.63) is 22.7 Å². The molecule has 0 saturated heterocycles. The quantitative estimate of drug-likeness (QED) is 0.224. The molecule has 30 heavy (non-hydrogen) atoms. The fraction of sp³-hybridized carbons (Fsp3) is 0.615. The Morgan fingerprint density at radius 2 is 1.40 bits per heavy atom. The van der Waals surface area contributed by atoms with Gasteiger partial charge in [-0.25, -0.2) is 13.6 Å². The highest BCUT2D eigenvalue weighted by atomic mass is 32.2. The fourth-order valence-electron chi connectivity index (χ4n) is 2.00. The van der Waals surface area contributed by atoms with Crippen molar-refractivity contribution in [3.63, 3.8) is 0 Å². The van der Waals surface area contributed by atoms with Crippen LogP contribution in [0.4, 0.5) is 52.7 Å². The minimum absolute atomic E-state index is 0.0789. The number of carbonyl (C=O) groups is 1. The number of alkyl halides is 12. The summed E-state index contributed by atoms with van der Waals surface area (Å²) in [5, 5.41) is 0.0789. The van der Waals surface area contributed by atoms with E-state index in [1.807, 2.05) is 0 Å². The average molecular weight is 485 g/mol. The highest BCUT2D eigenvalue weighted by molar-refractivity contribution is 7.98. The second-order valence-electron chi connectivity index (χ2n) is 5.61. The third-order valence-electron chi connectivity index (χ3n) is 3.80. The molecule has 0 saturated carbocycles. The van der Waals surface area contributed by atoms with Gasteiger partial charge in [-0.3, -0.25) is 0 Å². The molecule has 1 aromatic rings. The van der Waals surface area contributed by atoms with Crippen molar-refractivity contribution in [2.24, 2.45) is 7.05 Å². The zero-order valence-electron chi connectivity index (χ0n) is 14.4. The SMILES string of the molecule is CSc1ccc(C(=O)[N+](=O)C(F)(F)C(F)(F)C(F)(F)C(F)(F)C(F)(F)C(F)F)n1C. The highest BCUT2D eigenvalue weighted by Crippen LogP contribution is 2.58. The first-order valence-corrected chi connectivity index (χ1v) is 8.34. The Labute approximate surface area is 162 Å².